The normalized spacial score (nSPS) is 11.3. The molecular weight excluding hydrogens is 381 g/mol. The van der Waals surface area contributed by atoms with Crippen molar-refractivity contribution in [1.82, 2.24) is 14.8 Å². The van der Waals surface area contributed by atoms with Crippen LogP contribution < -0.4 is 4.72 Å². The van der Waals surface area contributed by atoms with Gasteiger partial charge in [0.15, 0.2) is 11.6 Å². The van der Waals surface area contributed by atoms with E-state index in [0.717, 1.165) is 29.7 Å². The molecule has 0 aliphatic rings. The summed E-state index contributed by atoms with van der Waals surface area (Å²) in [7, 11) is -4.06. The standard InChI is InChI=1S/C19H12FN5O2S/c20-15-6-8-16(9-7-15)28(26,27)24-19-14(11-21)12-22-25(19)18-10-5-13-3-1-2-4-17(13)23-18/h1-10,12,24H. The predicted molar refractivity (Wildman–Crippen MR) is 101 cm³/mol. The van der Waals surface area contributed by atoms with Gasteiger partial charge in [-0.3, -0.25) is 4.72 Å². The fourth-order valence-corrected chi connectivity index (χ4v) is 3.74. The summed E-state index contributed by atoms with van der Waals surface area (Å²) in [5, 5.41) is 14.4. The maximum absolute atomic E-state index is 13.1. The lowest BCUT2D eigenvalue weighted by Crippen LogP contribution is -2.17. The topological polar surface area (TPSA) is 101 Å². The quantitative estimate of drug-likeness (QED) is 0.574. The number of anilines is 1. The molecular formula is C19H12FN5O2S. The number of fused-ring (bicyclic) bond motifs is 1. The van der Waals surface area contributed by atoms with Crippen LogP contribution in [0.25, 0.3) is 16.7 Å². The van der Waals surface area contributed by atoms with E-state index in [1.165, 1.54) is 10.9 Å². The number of pyridine rings is 1. The van der Waals surface area contributed by atoms with Gasteiger partial charge in [-0.25, -0.2) is 17.8 Å². The minimum atomic E-state index is -4.06. The first kappa shape index (κ1) is 17.6. The zero-order valence-electron chi connectivity index (χ0n) is 14.2. The number of nitrogens with zero attached hydrogens (tertiary/aromatic N) is 4. The van der Waals surface area contributed by atoms with Crippen LogP contribution in [-0.2, 0) is 10.0 Å². The summed E-state index contributed by atoms with van der Waals surface area (Å²) in [6.07, 6.45) is 1.25. The lowest BCUT2D eigenvalue weighted by atomic mass is 10.2. The van der Waals surface area contributed by atoms with Crippen LogP contribution in [0.5, 0.6) is 0 Å². The summed E-state index contributed by atoms with van der Waals surface area (Å²) < 4.78 is 42.0. The van der Waals surface area contributed by atoms with E-state index in [2.05, 4.69) is 14.8 Å². The molecule has 1 N–H and O–H groups in total. The van der Waals surface area contributed by atoms with Crippen LogP contribution in [0.15, 0.2) is 71.8 Å². The Balaban J connectivity index is 1.80. The third kappa shape index (κ3) is 3.17. The van der Waals surface area contributed by atoms with E-state index < -0.39 is 15.8 Å². The van der Waals surface area contributed by atoms with E-state index in [1.807, 2.05) is 36.4 Å². The smallest absolute Gasteiger partial charge is 0.262 e. The molecule has 4 rings (SSSR count). The second-order valence-corrected chi connectivity index (χ2v) is 7.53. The zero-order valence-corrected chi connectivity index (χ0v) is 15.1. The van der Waals surface area contributed by atoms with Gasteiger partial charge in [-0.15, -0.1) is 0 Å². The van der Waals surface area contributed by atoms with Gasteiger partial charge in [-0.1, -0.05) is 18.2 Å². The molecule has 28 heavy (non-hydrogen) atoms. The van der Waals surface area contributed by atoms with E-state index in [-0.39, 0.29) is 16.3 Å². The Bertz CT molecular complexity index is 1320. The summed E-state index contributed by atoms with van der Waals surface area (Å²) >= 11 is 0. The molecule has 0 aliphatic heterocycles. The van der Waals surface area contributed by atoms with Crippen molar-refractivity contribution in [2.24, 2.45) is 0 Å². The molecule has 0 amide bonds. The Morgan fingerprint density at radius 1 is 1.04 bits per heavy atom. The number of benzene rings is 2. The Hall–Kier alpha value is -3.77. The lowest BCUT2D eigenvalue weighted by molar-refractivity contribution is 0.599. The largest absolute Gasteiger partial charge is 0.263 e. The Morgan fingerprint density at radius 2 is 1.79 bits per heavy atom. The van der Waals surface area contributed by atoms with E-state index in [0.29, 0.717) is 11.3 Å². The molecule has 0 fully saturated rings. The number of aromatic nitrogens is 3. The highest BCUT2D eigenvalue weighted by molar-refractivity contribution is 7.92. The third-order valence-electron chi connectivity index (χ3n) is 4.05. The maximum atomic E-state index is 13.1. The molecule has 0 aliphatic carbocycles. The Morgan fingerprint density at radius 3 is 2.54 bits per heavy atom. The fourth-order valence-electron chi connectivity index (χ4n) is 2.68. The molecule has 0 atom stereocenters. The third-order valence-corrected chi connectivity index (χ3v) is 5.40. The van der Waals surface area contributed by atoms with Crippen LogP contribution in [0.2, 0.25) is 0 Å². The van der Waals surface area contributed by atoms with Crippen LogP contribution in [0.3, 0.4) is 0 Å². The Kier molecular flexibility index (Phi) is 4.25. The molecule has 0 bridgehead atoms. The number of sulfonamides is 1. The zero-order chi connectivity index (χ0) is 19.7. The number of nitrogens with one attached hydrogen (secondary N) is 1. The Labute approximate surface area is 159 Å². The summed E-state index contributed by atoms with van der Waals surface area (Å²) in [6.45, 7) is 0. The molecule has 0 unspecified atom stereocenters. The summed E-state index contributed by atoms with van der Waals surface area (Å²) in [4.78, 5) is 4.33. The van der Waals surface area contributed by atoms with Gasteiger partial charge in [0.1, 0.15) is 17.4 Å². The van der Waals surface area contributed by atoms with Crippen LogP contribution in [0.1, 0.15) is 5.56 Å². The molecule has 2 aromatic carbocycles. The van der Waals surface area contributed by atoms with E-state index in [1.54, 1.807) is 6.07 Å². The average molecular weight is 393 g/mol. The lowest BCUT2D eigenvalue weighted by Gasteiger charge is -2.11. The minimum Gasteiger partial charge on any atom is -0.262 e. The molecule has 138 valence electrons. The predicted octanol–water partition coefficient (Wildman–Crippen LogP) is 3.23. The van der Waals surface area contributed by atoms with E-state index in [4.69, 9.17) is 0 Å². The molecule has 4 aromatic rings. The SMILES string of the molecule is N#Cc1cnn(-c2ccc3ccccc3n2)c1NS(=O)(=O)c1ccc(F)cc1. The second-order valence-electron chi connectivity index (χ2n) is 5.85. The molecule has 7 nitrogen and oxygen atoms in total. The van der Waals surface area contributed by atoms with E-state index in [9.17, 15) is 18.1 Å². The van der Waals surface area contributed by atoms with Gasteiger partial charge in [0.25, 0.3) is 10.0 Å². The minimum absolute atomic E-state index is 0.0284. The molecule has 2 heterocycles. The van der Waals surface area contributed by atoms with Gasteiger partial charge in [-0.2, -0.15) is 15.0 Å². The first-order chi connectivity index (χ1) is 13.5. The van der Waals surface area contributed by atoms with Crippen LogP contribution in [-0.4, -0.2) is 23.2 Å². The van der Waals surface area contributed by atoms with Gasteiger partial charge >= 0.3 is 0 Å². The van der Waals surface area contributed by atoms with Crippen LogP contribution in [0.4, 0.5) is 10.2 Å². The first-order valence-corrected chi connectivity index (χ1v) is 9.59. The number of para-hydroxylation sites is 1. The van der Waals surface area contributed by atoms with Crippen LogP contribution in [0, 0.1) is 17.1 Å². The number of nitriles is 1. The average Bonchev–Trinajstić information content (AvgIpc) is 3.09. The van der Waals surface area contributed by atoms with Crippen molar-refractivity contribution in [3.8, 4) is 11.9 Å². The van der Waals surface area contributed by atoms with Crippen molar-refractivity contribution in [3.05, 3.63) is 78.2 Å². The maximum Gasteiger partial charge on any atom is 0.263 e. The number of hydrogen-bond donors (Lipinski definition) is 1. The highest BCUT2D eigenvalue weighted by Crippen LogP contribution is 2.24. The molecule has 0 radical (unpaired) electrons. The number of halogens is 1. The molecule has 0 spiro atoms. The van der Waals surface area contributed by atoms with E-state index >= 15 is 0 Å². The summed E-state index contributed by atoms with van der Waals surface area (Å²) in [6, 6.07) is 17.2. The van der Waals surface area contributed by atoms with Gasteiger partial charge in [0.2, 0.25) is 0 Å². The van der Waals surface area contributed by atoms with Crippen molar-refractivity contribution in [2.45, 2.75) is 4.90 Å². The van der Waals surface area contributed by atoms with Gasteiger partial charge in [0.05, 0.1) is 16.6 Å². The first-order valence-electron chi connectivity index (χ1n) is 8.10. The van der Waals surface area contributed by atoms with Crippen molar-refractivity contribution in [1.29, 1.82) is 5.26 Å². The highest BCUT2D eigenvalue weighted by atomic mass is 32.2. The number of hydrogen-bond acceptors (Lipinski definition) is 5. The van der Waals surface area contributed by atoms with Crippen molar-refractivity contribution in [2.75, 3.05) is 4.72 Å². The molecule has 0 saturated carbocycles. The fraction of sp³-hybridized carbons (Fsp3) is 0. The monoisotopic (exact) mass is 393 g/mol. The van der Waals surface area contributed by atoms with Gasteiger partial charge in [0, 0.05) is 5.39 Å². The van der Waals surface area contributed by atoms with Gasteiger partial charge in [-0.05, 0) is 42.5 Å². The summed E-state index contributed by atoms with van der Waals surface area (Å²) in [5.41, 5.74) is 0.724. The highest BCUT2D eigenvalue weighted by Gasteiger charge is 2.21. The second kappa shape index (κ2) is 6.75. The van der Waals surface area contributed by atoms with Crippen molar-refractivity contribution < 1.29 is 12.8 Å². The molecule has 2 aromatic heterocycles. The molecule has 9 heteroatoms. The van der Waals surface area contributed by atoms with Crippen molar-refractivity contribution >= 4 is 26.7 Å². The molecule has 0 saturated heterocycles. The van der Waals surface area contributed by atoms with Crippen LogP contribution >= 0.6 is 0 Å². The summed E-state index contributed by atoms with van der Waals surface area (Å²) in [5.74, 6) is -0.256. The van der Waals surface area contributed by atoms with Crippen molar-refractivity contribution in [3.63, 3.8) is 0 Å². The number of rotatable bonds is 4. The van der Waals surface area contributed by atoms with Gasteiger partial charge < -0.3 is 0 Å².